The number of rotatable bonds is 3. The number of benzene rings is 1. The molecular formula is C14H11ClN2S2. The molecule has 1 aromatic carbocycles. The Kier molecular flexibility index (Phi) is 3.64. The minimum atomic E-state index is 0.546. The Labute approximate surface area is 124 Å². The molecule has 3 rings (SSSR count). The molecule has 0 amide bonds. The maximum absolute atomic E-state index is 6.41. The summed E-state index contributed by atoms with van der Waals surface area (Å²) < 4.78 is 1.23. The summed E-state index contributed by atoms with van der Waals surface area (Å²) in [5.41, 5.74) is 5.57. The van der Waals surface area contributed by atoms with Crippen molar-refractivity contribution in [3.8, 4) is 0 Å². The molecule has 0 aliphatic rings. The molecule has 0 bridgehead atoms. The largest absolute Gasteiger partial charge is 0.384 e. The first-order chi connectivity index (χ1) is 9.24. The first-order valence-electron chi connectivity index (χ1n) is 5.74. The van der Waals surface area contributed by atoms with Gasteiger partial charge in [-0.3, -0.25) is 0 Å². The van der Waals surface area contributed by atoms with Crippen LogP contribution in [-0.4, -0.2) is 4.98 Å². The fraction of sp³-hybridized carbons (Fsp3) is 0.0714. The van der Waals surface area contributed by atoms with Crippen molar-refractivity contribution in [1.82, 2.24) is 4.98 Å². The van der Waals surface area contributed by atoms with E-state index >= 15 is 0 Å². The number of halogens is 1. The first-order valence-corrected chi connectivity index (χ1v) is 7.92. The third kappa shape index (κ3) is 2.71. The van der Waals surface area contributed by atoms with Gasteiger partial charge in [0.1, 0.15) is 5.82 Å². The lowest BCUT2D eigenvalue weighted by molar-refractivity contribution is 1.24. The van der Waals surface area contributed by atoms with E-state index in [9.17, 15) is 0 Å². The fourth-order valence-electron chi connectivity index (χ4n) is 1.78. The molecule has 0 saturated heterocycles. The van der Waals surface area contributed by atoms with Crippen LogP contribution in [-0.2, 0) is 5.75 Å². The number of fused-ring (bicyclic) bond motifs is 1. The van der Waals surface area contributed by atoms with E-state index in [1.807, 2.05) is 24.3 Å². The van der Waals surface area contributed by atoms with Crippen molar-refractivity contribution in [2.75, 3.05) is 5.73 Å². The molecule has 0 radical (unpaired) electrons. The Hall–Kier alpha value is -1.23. The molecule has 19 heavy (non-hydrogen) atoms. The predicted octanol–water partition coefficient (Wildman–Crippen LogP) is 4.82. The molecule has 0 aliphatic heterocycles. The summed E-state index contributed by atoms with van der Waals surface area (Å²) >= 11 is 9.88. The van der Waals surface area contributed by atoms with Gasteiger partial charge in [0.05, 0.1) is 5.02 Å². The molecule has 3 aromatic rings. The molecule has 5 heteroatoms. The van der Waals surface area contributed by atoms with Gasteiger partial charge in [-0.2, -0.15) is 0 Å². The topological polar surface area (TPSA) is 38.9 Å². The zero-order valence-corrected chi connectivity index (χ0v) is 12.4. The van der Waals surface area contributed by atoms with Crippen LogP contribution in [0, 0.1) is 0 Å². The van der Waals surface area contributed by atoms with Gasteiger partial charge >= 0.3 is 0 Å². The second-order valence-corrected chi connectivity index (χ2v) is 6.61. The number of thiophene rings is 1. The van der Waals surface area contributed by atoms with Crippen LogP contribution in [0.4, 0.5) is 5.82 Å². The van der Waals surface area contributed by atoms with Crippen molar-refractivity contribution in [3.63, 3.8) is 0 Å². The fourth-order valence-corrected chi connectivity index (χ4v) is 4.30. The van der Waals surface area contributed by atoms with E-state index in [-0.39, 0.29) is 0 Å². The van der Waals surface area contributed by atoms with Gasteiger partial charge in [-0.05, 0) is 18.2 Å². The summed E-state index contributed by atoms with van der Waals surface area (Å²) in [6.07, 6.45) is 1.79. The lowest BCUT2D eigenvalue weighted by Gasteiger charge is -2.00. The molecule has 96 valence electrons. The monoisotopic (exact) mass is 306 g/mol. The molecule has 2 heterocycles. The lowest BCUT2D eigenvalue weighted by Crippen LogP contribution is -1.88. The van der Waals surface area contributed by atoms with Crippen LogP contribution in [0.5, 0.6) is 0 Å². The molecule has 0 aliphatic carbocycles. The summed E-state index contributed by atoms with van der Waals surface area (Å²) in [7, 11) is 0. The number of pyridine rings is 1. The number of aromatic nitrogens is 1. The van der Waals surface area contributed by atoms with Crippen molar-refractivity contribution >= 4 is 50.6 Å². The van der Waals surface area contributed by atoms with Crippen LogP contribution in [0.3, 0.4) is 0 Å². The number of hydrogen-bond donors (Lipinski definition) is 1. The Morgan fingerprint density at radius 3 is 2.79 bits per heavy atom. The summed E-state index contributed by atoms with van der Waals surface area (Å²) in [6.45, 7) is 0. The molecule has 0 atom stereocenters. The highest BCUT2D eigenvalue weighted by Crippen LogP contribution is 2.38. The van der Waals surface area contributed by atoms with Crippen molar-refractivity contribution in [3.05, 3.63) is 52.5 Å². The maximum Gasteiger partial charge on any atom is 0.123 e. The number of thioether (sulfide) groups is 1. The first kappa shape index (κ1) is 12.8. The van der Waals surface area contributed by atoms with Crippen LogP contribution in [0.2, 0.25) is 5.02 Å². The van der Waals surface area contributed by atoms with E-state index in [0.29, 0.717) is 5.82 Å². The molecule has 0 unspecified atom stereocenters. The lowest BCUT2D eigenvalue weighted by atomic mass is 10.2. The molecule has 2 nitrogen and oxygen atoms in total. The highest BCUT2D eigenvalue weighted by molar-refractivity contribution is 7.98. The number of nitrogen functional groups attached to an aromatic ring is 1. The van der Waals surface area contributed by atoms with Crippen molar-refractivity contribution in [1.29, 1.82) is 0 Å². The van der Waals surface area contributed by atoms with Gasteiger partial charge in [-0.1, -0.05) is 29.8 Å². The summed E-state index contributed by atoms with van der Waals surface area (Å²) in [5.74, 6) is 1.40. The van der Waals surface area contributed by atoms with Gasteiger partial charge in [0.15, 0.2) is 0 Å². The molecule has 2 N–H and O–H groups in total. The molecule has 0 saturated carbocycles. The smallest absolute Gasteiger partial charge is 0.123 e. The van der Waals surface area contributed by atoms with Gasteiger partial charge in [-0.25, -0.2) is 4.98 Å². The Balaban J connectivity index is 1.82. The number of nitrogens with zero attached hydrogens (tertiary/aromatic N) is 1. The van der Waals surface area contributed by atoms with Gasteiger partial charge in [0.2, 0.25) is 0 Å². The zero-order chi connectivity index (χ0) is 13.2. The highest BCUT2D eigenvalue weighted by Gasteiger charge is 2.10. The Morgan fingerprint density at radius 1 is 1.21 bits per heavy atom. The molecule has 0 fully saturated rings. The molecule has 0 spiro atoms. The number of hydrogen-bond acceptors (Lipinski definition) is 4. The normalized spacial score (nSPS) is 11.0. The molecule has 2 aromatic heterocycles. The zero-order valence-electron chi connectivity index (χ0n) is 9.97. The Bertz CT molecular complexity index is 707. The van der Waals surface area contributed by atoms with Gasteiger partial charge in [0, 0.05) is 31.8 Å². The van der Waals surface area contributed by atoms with Crippen molar-refractivity contribution in [2.45, 2.75) is 10.6 Å². The van der Waals surface area contributed by atoms with Gasteiger partial charge in [-0.15, -0.1) is 23.1 Å². The average molecular weight is 307 g/mol. The van der Waals surface area contributed by atoms with E-state index in [4.69, 9.17) is 17.3 Å². The summed E-state index contributed by atoms with van der Waals surface area (Å²) in [6, 6.07) is 12.0. The predicted molar refractivity (Wildman–Crippen MR) is 85.0 cm³/mol. The number of anilines is 1. The average Bonchev–Trinajstić information content (AvgIpc) is 2.76. The summed E-state index contributed by atoms with van der Waals surface area (Å²) in [5, 5.41) is 2.01. The second-order valence-electron chi connectivity index (χ2n) is 4.04. The van der Waals surface area contributed by atoms with Crippen LogP contribution in [0.15, 0.2) is 47.5 Å². The SMILES string of the molecule is Nc1ccc(SCc2sc3ccccc3c2Cl)cn1. The van der Waals surface area contributed by atoms with E-state index in [0.717, 1.165) is 21.1 Å². The minimum absolute atomic E-state index is 0.546. The Morgan fingerprint density at radius 2 is 2.05 bits per heavy atom. The van der Waals surface area contributed by atoms with Crippen LogP contribution in [0.1, 0.15) is 4.88 Å². The van der Waals surface area contributed by atoms with Crippen LogP contribution < -0.4 is 5.73 Å². The maximum atomic E-state index is 6.41. The third-order valence-electron chi connectivity index (χ3n) is 2.73. The number of nitrogens with two attached hydrogens (primary N) is 1. The minimum Gasteiger partial charge on any atom is -0.384 e. The van der Waals surface area contributed by atoms with E-state index in [1.165, 1.54) is 9.58 Å². The second kappa shape index (κ2) is 5.41. The molecular weight excluding hydrogens is 296 g/mol. The van der Waals surface area contributed by atoms with Crippen LogP contribution in [0.25, 0.3) is 10.1 Å². The van der Waals surface area contributed by atoms with E-state index in [1.54, 1.807) is 29.3 Å². The standard InChI is InChI=1S/C14H11ClN2S2/c15-14-10-3-1-2-4-11(10)19-12(14)8-18-9-5-6-13(16)17-7-9/h1-7H,8H2,(H2,16,17). The van der Waals surface area contributed by atoms with E-state index in [2.05, 4.69) is 17.1 Å². The summed E-state index contributed by atoms with van der Waals surface area (Å²) in [4.78, 5) is 6.38. The van der Waals surface area contributed by atoms with Gasteiger partial charge < -0.3 is 5.73 Å². The highest BCUT2D eigenvalue weighted by atomic mass is 35.5. The van der Waals surface area contributed by atoms with Crippen LogP contribution >= 0.6 is 34.7 Å². The van der Waals surface area contributed by atoms with Crippen molar-refractivity contribution < 1.29 is 0 Å². The van der Waals surface area contributed by atoms with Crippen molar-refractivity contribution in [2.24, 2.45) is 0 Å². The quantitative estimate of drug-likeness (QED) is 0.705. The van der Waals surface area contributed by atoms with E-state index < -0.39 is 0 Å². The van der Waals surface area contributed by atoms with Gasteiger partial charge in [0.25, 0.3) is 0 Å². The third-order valence-corrected chi connectivity index (χ3v) is 5.64.